The molecule has 2 aromatic carbocycles. The van der Waals surface area contributed by atoms with E-state index in [1.165, 1.54) is 24.5 Å². The van der Waals surface area contributed by atoms with Crippen LogP contribution in [0.3, 0.4) is 0 Å². The summed E-state index contributed by atoms with van der Waals surface area (Å²) in [6.07, 6.45) is 0.942. The molecule has 2 heterocycles. The number of ketones is 1. The molecule has 0 saturated carbocycles. The number of ether oxygens (including phenoxy) is 1. The zero-order chi connectivity index (χ0) is 25.5. The Balaban J connectivity index is 1.39. The third kappa shape index (κ3) is 6.49. The van der Waals surface area contributed by atoms with E-state index < -0.39 is 31.9 Å². The van der Waals surface area contributed by atoms with Crippen LogP contribution in [0, 0.1) is 5.82 Å². The monoisotopic (exact) mass is 515 g/mol. The van der Waals surface area contributed by atoms with Crippen LogP contribution in [0.5, 0.6) is 0 Å². The molecule has 4 rings (SSSR count). The van der Waals surface area contributed by atoms with Crippen LogP contribution in [0.1, 0.15) is 15.9 Å². The number of nitrogens with two attached hydrogens (primary N) is 1. The number of nitrogens with one attached hydrogen (secondary N) is 1. The first-order valence-electron chi connectivity index (χ1n) is 10.8. The Labute approximate surface area is 204 Å². The van der Waals surface area contributed by atoms with Crippen LogP contribution < -0.4 is 11.3 Å². The first-order valence-corrected chi connectivity index (χ1v) is 12.5. The standard InChI is InChI=1S/C23H23FN5O6P/c24-18-8-4-5-16(11-18)12-34-36(32,35-13-19(30)17-6-2-1-3-7-17)15-33-10-9-29-14-26-20-21(29)27-23(25)28-22(20)31/h1-8,11,14H,9-10,12-13,15H2,(H3,25,27,28,31). The molecule has 1 atom stereocenters. The smallest absolute Gasteiger partial charge is 0.356 e. The highest BCUT2D eigenvalue weighted by Gasteiger charge is 2.27. The quantitative estimate of drug-likeness (QED) is 0.165. The lowest BCUT2D eigenvalue weighted by molar-refractivity contribution is 0.0855. The van der Waals surface area contributed by atoms with Crippen LogP contribution in [0.2, 0.25) is 0 Å². The minimum absolute atomic E-state index is 0.0309. The SMILES string of the molecule is Nc1nc2c(ncn2CCOCP(=O)(OCC(=O)c2ccccc2)OCc2cccc(F)c2)c(=O)[nH]1. The lowest BCUT2D eigenvalue weighted by Gasteiger charge is -2.19. The molecule has 0 bridgehead atoms. The number of hydrogen-bond donors (Lipinski definition) is 2. The molecule has 188 valence electrons. The number of rotatable bonds is 12. The molecule has 0 spiro atoms. The Morgan fingerprint density at radius 1 is 1.14 bits per heavy atom. The largest absolute Gasteiger partial charge is 0.369 e. The minimum atomic E-state index is -3.93. The number of halogens is 1. The number of carbonyl (C=O) groups is 1. The van der Waals surface area contributed by atoms with Crippen molar-refractivity contribution in [3.05, 3.63) is 88.2 Å². The van der Waals surface area contributed by atoms with Crippen molar-refractivity contribution in [2.45, 2.75) is 13.2 Å². The van der Waals surface area contributed by atoms with Gasteiger partial charge in [-0.15, -0.1) is 0 Å². The molecule has 0 fully saturated rings. The van der Waals surface area contributed by atoms with E-state index in [0.717, 1.165) is 0 Å². The van der Waals surface area contributed by atoms with Crippen molar-refractivity contribution >= 4 is 30.5 Å². The summed E-state index contributed by atoms with van der Waals surface area (Å²) in [7, 11) is -3.93. The van der Waals surface area contributed by atoms with Gasteiger partial charge >= 0.3 is 7.60 Å². The van der Waals surface area contributed by atoms with Crippen molar-refractivity contribution in [2.75, 3.05) is 25.3 Å². The topological polar surface area (TPSA) is 151 Å². The second kappa shape index (κ2) is 11.4. The second-order valence-electron chi connectivity index (χ2n) is 7.68. The molecule has 0 aliphatic carbocycles. The van der Waals surface area contributed by atoms with Gasteiger partial charge in [0.1, 0.15) is 18.8 Å². The first kappa shape index (κ1) is 25.4. The third-order valence-corrected chi connectivity index (χ3v) is 6.57. The van der Waals surface area contributed by atoms with Crippen LogP contribution in [0.4, 0.5) is 10.3 Å². The maximum atomic E-state index is 13.5. The van der Waals surface area contributed by atoms with Crippen molar-refractivity contribution in [3.8, 4) is 0 Å². The second-order valence-corrected chi connectivity index (χ2v) is 9.67. The summed E-state index contributed by atoms with van der Waals surface area (Å²) >= 11 is 0. The van der Waals surface area contributed by atoms with E-state index in [2.05, 4.69) is 15.0 Å². The van der Waals surface area contributed by atoms with E-state index >= 15 is 0 Å². The van der Waals surface area contributed by atoms with E-state index in [0.29, 0.717) is 11.1 Å². The van der Waals surface area contributed by atoms with Crippen LogP contribution in [0.15, 0.2) is 65.7 Å². The van der Waals surface area contributed by atoms with Crippen LogP contribution in [-0.4, -0.2) is 44.9 Å². The van der Waals surface area contributed by atoms with Crippen LogP contribution in [-0.2, 0) is 31.5 Å². The molecule has 0 amide bonds. The summed E-state index contributed by atoms with van der Waals surface area (Å²) in [4.78, 5) is 34.8. The average Bonchev–Trinajstić information content (AvgIpc) is 3.28. The normalized spacial score (nSPS) is 13.0. The van der Waals surface area contributed by atoms with Crippen LogP contribution in [0.25, 0.3) is 11.2 Å². The van der Waals surface area contributed by atoms with Gasteiger partial charge in [0.05, 0.1) is 19.5 Å². The van der Waals surface area contributed by atoms with Gasteiger partial charge in [0.2, 0.25) is 5.95 Å². The summed E-state index contributed by atoms with van der Waals surface area (Å²) in [5, 5.41) is 0. The van der Waals surface area contributed by atoms with E-state index in [4.69, 9.17) is 19.5 Å². The zero-order valence-corrected chi connectivity index (χ0v) is 19.9. The molecule has 1 unspecified atom stereocenters. The Hall–Kier alpha value is -3.70. The van der Waals surface area contributed by atoms with Gasteiger partial charge in [0, 0.05) is 12.1 Å². The summed E-state index contributed by atoms with van der Waals surface area (Å²) in [5.41, 5.74) is 6.35. The lowest BCUT2D eigenvalue weighted by atomic mass is 10.1. The van der Waals surface area contributed by atoms with Gasteiger partial charge in [0.15, 0.2) is 16.9 Å². The third-order valence-electron chi connectivity index (χ3n) is 5.02. The fraction of sp³-hybridized carbons (Fsp3) is 0.217. The Bertz CT molecular complexity index is 1460. The number of nitrogen functional groups attached to an aromatic ring is 1. The summed E-state index contributed by atoms with van der Waals surface area (Å²) in [5.74, 6) is -0.908. The predicted molar refractivity (Wildman–Crippen MR) is 129 cm³/mol. The molecular formula is C23H23FN5O6P. The number of hydrogen-bond acceptors (Lipinski definition) is 9. The Morgan fingerprint density at radius 3 is 2.72 bits per heavy atom. The van der Waals surface area contributed by atoms with Crippen molar-refractivity contribution in [1.29, 1.82) is 0 Å². The number of benzene rings is 2. The van der Waals surface area contributed by atoms with Gasteiger partial charge in [-0.1, -0.05) is 42.5 Å². The molecule has 4 aromatic rings. The van der Waals surface area contributed by atoms with E-state index in [-0.39, 0.29) is 42.7 Å². The number of nitrogens with zero attached hydrogens (tertiary/aromatic N) is 3. The molecule has 11 nitrogen and oxygen atoms in total. The molecule has 0 radical (unpaired) electrons. The number of aromatic nitrogens is 4. The number of anilines is 1. The van der Waals surface area contributed by atoms with Crippen molar-refractivity contribution in [2.24, 2.45) is 0 Å². The first-order chi connectivity index (χ1) is 17.3. The number of imidazole rings is 1. The highest BCUT2D eigenvalue weighted by molar-refractivity contribution is 7.53. The number of aromatic amines is 1. The van der Waals surface area contributed by atoms with Crippen molar-refractivity contribution < 1.29 is 27.5 Å². The molecular weight excluding hydrogens is 492 g/mol. The summed E-state index contributed by atoms with van der Waals surface area (Å²) < 4.78 is 44.9. The summed E-state index contributed by atoms with van der Waals surface area (Å²) in [6.45, 7) is -0.468. The molecule has 0 aliphatic heterocycles. The van der Waals surface area contributed by atoms with Gasteiger partial charge in [-0.3, -0.25) is 23.7 Å². The van der Waals surface area contributed by atoms with E-state index in [1.54, 1.807) is 41.0 Å². The molecule has 2 aromatic heterocycles. The average molecular weight is 515 g/mol. The Kier molecular flexibility index (Phi) is 8.01. The zero-order valence-electron chi connectivity index (χ0n) is 19.0. The minimum Gasteiger partial charge on any atom is -0.369 e. The van der Waals surface area contributed by atoms with Gasteiger partial charge in [-0.2, -0.15) is 4.98 Å². The maximum Gasteiger partial charge on any atom is 0.356 e. The molecule has 36 heavy (non-hydrogen) atoms. The fourth-order valence-electron chi connectivity index (χ4n) is 3.25. The van der Waals surface area contributed by atoms with Crippen molar-refractivity contribution in [1.82, 2.24) is 19.5 Å². The number of H-pyrrole nitrogens is 1. The predicted octanol–water partition coefficient (Wildman–Crippen LogP) is 3.12. The van der Waals surface area contributed by atoms with Crippen molar-refractivity contribution in [3.63, 3.8) is 0 Å². The number of Topliss-reactive ketones (excluding diaryl/α,β-unsaturated/α-hetero) is 1. The van der Waals surface area contributed by atoms with Gasteiger partial charge in [0.25, 0.3) is 5.56 Å². The highest BCUT2D eigenvalue weighted by Crippen LogP contribution is 2.49. The van der Waals surface area contributed by atoms with E-state index in [9.17, 15) is 18.5 Å². The maximum absolute atomic E-state index is 13.5. The summed E-state index contributed by atoms with van der Waals surface area (Å²) in [6, 6.07) is 14.0. The number of fused-ring (bicyclic) bond motifs is 1. The molecule has 0 aliphatic rings. The van der Waals surface area contributed by atoms with Gasteiger partial charge < -0.3 is 19.6 Å². The molecule has 0 saturated heterocycles. The Morgan fingerprint density at radius 2 is 1.94 bits per heavy atom. The van der Waals surface area contributed by atoms with Gasteiger partial charge in [-0.25, -0.2) is 9.37 Å². The molecule has 13 heteroatoms. The van der Waals surface area contributed by atoms with Crippen LogP contribution >= 0.6 is 7.60 Å². The fourth-order valence-corrected chi connectivity index (χ4v) is 4.49. The lowest BCUT2D eigenvalue weighted by Crippen LogP contribution is -2.14. The molecule has 3 N–H and O–H groups in total. The highest BCUT2D eigenvalue weighted by atomic mass is 31.2. The van der Waals surface area contributed by atoms with Gasteiger partial charge in [-0.05, 0) is 17.7 Å². The van der Waals surface area contributed by atoms with E-state index in [1.807, 2.05) is 0 Å². The number of carbonyl (C=O) groups excluding carboxylic acids is 1.